The van der Waals surface area contributed by atoms with Crippen LogP contribution in [-0.4, -0.2) is 56.0 Å². The van der Waals surface area contributed by atoms with Crippen molar-refractivity contribution in [3.8, 4) is 23.0 Å². The molecular formula is C22H25N7O4. The van der Waals surface area contributed by atoms with Gasteiger partial charge in [0.2, 0.25) is 0 Å². The number of hydrogen-bond donors (Lipinski definition) is 2. The molecule has 0 aliphatic rings. The molecule has 1 heterocycles. The van der Waals surface area contributed by atoms with Crippen LogP contribution in [0.4, 0.5) is 11.8 Å². The van der Waals surface area contributed by atoms with E-state index in [1.807, 2.05) is 24.3 Å². The smallest absolute Gasteiger partial charge is 0.265 e. The van der Waals surface area contributed by atoms with Crippen LogP contribution in [0.2, 0.25) is 0 Å². The van der Waals surface area contributed by atoms with Gasteiger partial charge < -0.3 is 18.9 Å². The van der Waals surface area contributed by atoms with E-state index in [9.17, 15) is 0 Å². The second-order valence-corrected chi connectivity index (χ2v) is 6.53. The molecule has 172 valence electrons. The first-order valence-corrected chi connectivity index (χ1v) is 9.81. The Hall–Kier alpha value is -4.41. The van der Waals surface area contributed by atoms with E-state index in [0.717, 1.165) is 11.1 Å². The number of nitrogens with zero attached hydrogens (tertiary/aromatic N) is 5. The molecule has 3 aromatic rings. The zero-order valence-corrected chi connectivity index (χ0v) is 19.0. The van der Waals surface area contributed by atoms with Gasteiger partial charge in [0, 0.05) is 23.3 Å². The Labute approximate surface area is 191 Å². The average molecular weight is 451 g/mol. The quantitative estimate of drug-likeness (QED) is 0.353. The Morgan fingerprint density at radius 2 is 1.27 bits per heavy atom. The van der Waals surface area contributed by atoms with E-state index in [0.29, 0.717) is 34.5 Å². The van der Waals surface area contributed by atoms with Gasteiger partial charge in [0.25, 0.3) is 5.95 Å². The summed E-state index contributed by atoms with van der Waals surface area (Å²) < 4.78 is 21.1. The number of hydrogen-bond acceptors (Lipinski definition) is 11. The van der Waals surface area contributed by atoms with E-state index in [1.54, 1.807) is 59.9 Å². The van der Waals surface area contributed by atoms with Gasteiger partial charge in [-0.3, -0.25) is 5.43 Å². The van der Waals surface area contributed by atoms with Gasteiger partial charge in [-0.2, -0.15) is 15.2 Å². The Morgan fingerprint density at radius 3 is 1.79 bits per heavy atom. The van der Waals surface area contributed by atoms with Crippen molar-refractivity contribution < 1.29 is 18.9 Å². The van der Waals surface area contributed by atoms with Gasteiger partial charge in [0.05, 0.1) is 40.9 Å². The third kappa shape index (κ3) is 6.06. The maximum Gasteiger partial charge on any atom is 0.265 e. The summed E-state index contributed by atoms with van der Waals surface area (Å²) in [6, 6.07) is 10.8. The first kappa shape index (κ1) is 23.3. The molecule has 0 spiro atoms. The fourth-order valence-corrected chi connectivity index (χ4v) is 2.70. The van der Waals surface area contributed by atoms with Gasteiger partial charge in [-0.1, -0.05) is 0 Å². The van der Waals surface area contributed by atoms with E-state index < -0.39 is 0 Å². The van der Waals surface area contributed by atoms with Crippen molar-refractivity contribution in [2.45, 2.75) is 6.92 Å². The molecule has 0 fully saturated rings. The maximum atomic E-state index is 5.36. The summed E-state index contributed by atoms with van der Waals surface area (Å²) in [5.41, 5.74) is 7.70. The predicted octanol–water partition coefficient (Wildman–Crippen LogP) is 3.11. The molecule has 11 heteroatoms. The highest BCUT2D eigenvalue weighted by Crippen LogP contribution is 2.24. The lowest BCUT2D eigenvalue weighted by atomic mass is 10.2. The van der Waals surface area contributed by atoms with Crippen molar-refractivity contribution in [3.05, 3.63) is 53.2 Å². The number of anilines is 2. The summed E-state index contributed by atoms with van der Waals surface area (Å²) >= 11 is 0. The summed E-state index contributed by atoms with van der Waals surface area (Å²) in [5, 5.41) is 16.4. The van der Waals surface area contributed by atoms with E-state index in [4.69, 9.17) is 18.9 Å². The highest BCUT2D eigenvalue weighted by atomic mass is 16.5. The molecule has 0 aliphatic carbocycles. The Bertz CT molecular complexity index is 1150. The average Bonchev–Trinajstić information content (AvgIpc) is 2.85. The summed E-state index contributed by atoms with van der Waals surface area (Å²) in [5.74, 6) is 3.25. The van der Waals surface area contributed by atoms with Gasteiger partial charge in [-0.25, -0.2) is 5.43 Å². The largest absolute Gasteiger partial charge is 0.497 e. The van der Waals surface area contributed by atoms with Gasteiger partial charge in [-0.05, 0) is 31.2 Å². The molecule has 2 N–H and O–H groups in total. The summed E-state index contributed by atoms with van der Waals surface area (Å²) in [6.07, 6.45) is 3.20. The van der Waals surface area contributed by atoms with Crippen molar-refractivity contribution in [1.82, 2.24) is 15.2 Å². The van der Waals surface area contributed by atoms with Crippen molar-refractivity contribution in [3.63, 3.8) is 0 Å². The summed E-state index contributed by atoms with van der Waals surface area (Å²) in [4.78, 5) is 4.35. The molecule has 0 bridgehead atoms. The molecule has 0 amide bonds. The SMILES string of the molecule is COc1ccc(C=NNc2nnc(C)c(NN=Cc3ccc(OC)cc3OC)n2)c(OC)c1. The lowest BCUT2D eigenvalue weighted by molar-refractivity contribution is 0.393. The van der Waals surface area contributed by atoms with Crippen molar-refractivity contribution in [2.75, 3.05) is 39.3 Å². The highest BCUT2D eigenvalue weighted by molar-refractivity contribution is 5.85. The molecular weight excluding hydrogens is 426 g/mol. The molecule has 0 saturated carbocycles. The Balaban J connectivity index is 1.69. The third-order valence-electron chi connectivity index (χ3n) is 4.48. The van der Waals surface area contributed by atoms with Crippen LogP contribution in [0.25, 0.3) is 0 Å². The third-order valence-corrected chi connectivity index (χ3v) is 4.48. The Morgan fingerprint density at radius 1 is 0.727 bits per heavy atom. The first-order chi connectivity index (χ1) is 16.1. The van der Waals surface area contributed by atoms with Crippen LogP contribution in [0.15, 0.2) is 46.6 Å². The monoisotopic (exact) mass is 451 g/mol. The van der Waals surface area contributed by atoms with Gasteiger partial charge >= 0.3 is 0 Å². The van der Waals surface area contributed by atoms with Crippen LogP contribution in [0, 0.1) is 6.92 Å². The number of aryl methyl sites for hydroxylation is 1. The number of aromatic nitrogens is 3. The lowest BCUT2D eigenvalue weighted by Gasteiger charge is -2.08. The number of ether oxygens (including phenoxy) is 4. The van der Waals surface area contributed by atoms with Crippen LogP contribution in [0.1, 0.15) is 16.8 Å². The van der Waals surface area contributed by atoms with E-state index in [2.05, 4.69) is 36.2 Å². The molecule has 3 rings (SSSR count). The van der Waals surface area contributed by atoms with Crippen LogP contribution in [0.3, 0.4) is 0 Å². The minimum Gasteiger partial charge on any atom is -0.497 e. The van der Waals surface area contributed by atoms with E-state index >= 15 is 0 Å². The number of methoxy groups -OCH3 is 4. The number of hydrazone groups is 2. The van der Waals surface area contributed by atoms with Crippen molar-refractivity contribution >= 4 is 24.2 Å². The zero-order chi connectivity index (χ0) is 23.6. The molecule has 1 aromatic heterocycles. The normalized spacial score (nSPS) is 10.9. The molecule has 0 unspecified atom stereocenters. The molecule has 33 heavy (non-hydrogen) atoms. The second-order valence-electron chi connectivity index (χ2n) is 6.53. The van der Waals surface area contributed by atoms with Crippen LogP contribution in [-0.2, 0) is 0 Å². The van der Waals surface area contributed by atoms with Gasteiger partial charge in [0.15, 0.2) is 5.82 Å². The summed E-state index contributed by atoms with van der Waals surface area (Å²) in [6.45, 7) is 1.76. The topological polar surface area (TPSA) is 124 Å². The first-order valence-electron chi connectivity index (χ1n) is 9.81. The van der Waals surface area contributed by atoms with Crippen molar-refractivity contribution in [1.29, 1.82) is 0 Å². The van der Waals surface area contributed by atoms with Crippen LogP contribution in [0.5, 0.6) is 23.0 Å². The fourth-order valence-electron chi connectivity index (χ4n) is 2.70. The highest BCUT2D eigenvalue weighted by Gasteiger charge is 2.06. The van der Waals surface area contributed by atoms with Gasteiger partial charge in [0.1, 0.15) is 28.7 Å². The van der Waals surface area contributed by atoms with E-state index in [-0.39, 0.29) is 5.95 Å². The lowest BCUT2D eigenvalue weighted by Crippen LogP contribution is -2.05. The zero-order valence-electron chi connectivity index (χ0n) is 19.0. The number of benzene rings is 2. The molecule has 0 saturated heterocycles. The summed E-state index contributed by atoms with van der Waals surface area (Å²) in [7, 11) is 6.34. The van der Waals surface area contributed by atoms with E-state index in [1.165, 1.54) is 0 Å². The minimum absolute atomic E-state index is 0.198. The predicted molar refractivity (Wildman–Crippen MR) is 126 cm³/mol. The number of rotatable bonds is 10. The molecule has 2 aromatic carbocycles. The van der Waals surface area contributed by atoms with Crippen LogP contribution >= 0.6 is 0 Å². The second kappa shape index (κ2) is 11.3. The van der Waals surface area contributed by atoms with Crippen molar-refractivity contribution in [2.24, 2.45) is 10.2 Å². The number of nitrogens with one attached hydrogen (secondary N) is 2. The molecule has 0 atom stereocenters. The minimum atomic E-state index is 0.198. The molecule has 0 radical (unpaired) electrons. The Kier molecular flexibility index (Phi) is 7.95. The standard InChI is InChI=1S/C22H25N7O4/c1-14-21(27-23-12-15-6-8-17(30-2)10-19(15)32-4)25-22(29-26-14)28-24-13-16-7-9-18(31-3)11-20(16)33-5/h6-13H,1-5H3,(H2,25,27,28,29). The molecule has 11 nitrogen and oxygen atoms in total. The molecule has 0 aliphatic heterocycles. The van der Waals surface area contributed by atoms with Gasteiger partial charge in [-0.15, -0.1) is 10.2 Å². The fraction of sp³-hybridized carbons (Fsp3) is 0.227. The maximum absolute atomic E-state index is 5.36. The van der Waals surface area contributed by atoms with Crippen LogP contribution < -0.4 is 29.8 Å².